The van der Waals surface area contributed by atoms with Crippen molar-refractivity contribution in [3.8, 4) is 11.8 Å². The van der Waals surface area contributed by atoms with E-state index in [1.165, 1.54) is 5.56 Å². The summed E-state index contributed by atoms with van der Waals surface area (Å²) in [5.41, 5.74) is 1.60. The average Bonchev–Trinajstić information content (AvgIpc) is 2.37. The van der Waals surface area contributed by atoms with Crippen LogP contribution in [0, 0.1) is 11.8 Å². The van der Waals surface area contributed by atoms with Gasteiger partial charge < -0.3 is 10.2 Å². The fourth-order valence-electron chi connectivity index (χ4n) is 2.55. The molecule has 0 bridgehead atoms. The highest BCUT2D eigenvalue weighted by atomic mass is 16.3. The zero-order valence-corrected chi connectivity index (χ0v) is 11.4. The van der Waals surface area contributed by atoms with Gasteiger partial charge in [-0.1, -0.05) is 24.0 Å². The van der Waals surface area contributed by atoms with Gasteiger partial charge in [0.1, 0.15) is 6.61 Å². The molecule has 0 radical (unpaired) electrons. The number of nitrogens with zero attached hydrogens (tertiary/aromatic N) is 1. The summed E-state index contributed by atoms with van der Waals surface area (Å²) >= 11 is 0. The summed E-state index contributed by atoms with van der Waals surface area (Å²) in [6, 6.07) is 8.07. The summed E-state index contributed by atoms with van der Waals surface area (Å²) < 4.78 is 0. The summed E-state index contributed by atoms with van der Waals surface area (Å²) in [5, 5.41) is 18.7. The summed E-state index contributed by atoms with van der Waals surface area (Å²) in [7, 11) is 0. The Kier molecular flexibility index (Phi) is 4.60. The number of β-amino-alcohol motifs (C(OH)–C–C–N with tert-alkyl or cyclic N) is 1. The molecule has 1 saturated heterocycles. The number of aliphatic hydroxyl groups is 2. The zero-order valence-electron chi connectivity index (χ0n) is 11.4. The first kappa shape index (κ1) is 14.1. The van der Waals surface area contributed by atoms with Crippen molar-refractivity contribution in [2.24, 2.45) is 0 Å². The number of likely N-dealkylation sites (tertiary alicyclic amines) is 1. The van der Waals surface area contributed by atoms with E-state index in [1.807, 2.05) is 19.1 Å². The van der Waals surface area contributed by atoms with Crippen molar-refractivity contribution in [2.75, 3.05) is 19.7 Å². The molecule has 1 aliphatic rings. The Morgan fingerprint density at radius 2 is 2.05 bits per heavy atom. The second-order valence-electron chi connectivity index (χ2n) is 5.47. The molecule has 1 aromatic rings. The van der Waals surface area contributed by atoms with E-state index in [0.29, 0.717) is 0 Å². The number of rotatable bonds is 2. The van der Waals surface area contributed by atoms with E-state index in [4.69, 9.17) is 5.11 Å². The Hall–Kier alpha value is -1.34. The highest BCUT2D eigenvalue weighted by Gasteiger charge is 2.27. The predicted molar refractivity (Wildman–Crippen MR) is 75.5 cm³/mol. The molecule has 1 heterocycles. The van der Waals surface area contributed by atoms with Crippen LogP contribution >= 0.6 is 0 Å². The minimum Gasteiger partial charge on any atom is -0.389 e. The summed E-state index contributed by atoms with van der Waals surface area (Å²) in [6.07, 6.45) is 1.94. The lowest BCUT2D eigenvalue weighted by atomic mass is 9.95. The second kappa shape index (κ2) is 6.21. The zero-order chi connectivity index (χ0) is 13.7. The molecule has 0 aromatic heterocycles. The standard InChI is InChI=1S/C16H21NO2/c1-16(19)9-3-10-17(13-16)12-15-7-5-14(6-8-15)4-2-11-18/h5-8,18-19H,3,9-13H2,1H3. The van der Waals surface area contributed by atoms with Gasteiger partial charge in [-0.15, -0.1) is 0 Å². The quantitative estimate of drug-likeness (QED) is 0.789. The molecule has 2 rings (SSSR count). The Labute approximate surface area is 114 Å². The van der Waals surface area contributed by atoms with Crippen LogP contribution in [0.2, 0.25) is 0 Å². The molecule has 1 fully saturated rings. The van der Waals surface area contributed by atoms with Crippen LogP contribution in [0.15, 0.2) is 24.3 Å². The molecular formula is C16H21NO2. The fourth-order valence-corrected chi connectivity index (χ4v) is 2.55. The largest absolute Gasteiger partial charge is 0.389 e. The van der Waals surface area contributed by atoms with Crippen LogP contribution < -0.4 is 0 Å². The topological polar surface area (TPSA) is 43.7 Å². The number of hydrogen-bond donors (Lipinski definition) is 2. The minimum absolute atomic E-state index is 0.107. The molecule has 0 spiro atoms. The van der Waals surface area contributed by atoms with Crippen molar-refractivity contribution in [3.05, 3.63) is 35.4 Å². The van der Waals surface area contributed by atoms with Crippen molar-refractivity contribution < 1.29 is 10.2 Å². The van der Waals surface area contributed by atoms with Crippen LogP contribution in [0.4, 0.5) is 0 Å². The molecule has 1 atom stereocenters. The van der Waals surface area contributed by atoms with Crippen LogP contribution in [0.25, 0.3) is 0 Å². The second-order valence-corrected chi connectivity index (χ2v) is 5.47. The van der Waals surface area contributed by atoms with Gasteiger partial charge in [0.2, 0.25) is 0 Å². The molecular weight excluding hydrogens is 238 g/mol. The van der Waals surface area contributed by atoms with Gasteiger partial charge in [-0.2, -0.15) is 0 Å². The van der Waals surface area contributed by atoms with Crippen molar-refractivity contribution >= 4 is 0 Å². The highest BCUT2D eigenvalue weighted by molar-refractivity contribution is 5.36. The number of hydrogen-bond acceptors (Lipinski definition) is 3. The maximum atomic E-state index is 10.1. The Morgan fingerprint density at radius 3 is 2.68 bits per heavy atom. The van der Waals surface area contributed by atoms with Gasteiger partial charge in [0.15, 0.2) is 0 Å². The third-order valence-corrected chi connectivity index (χ3v) is 3.43. The molecule has 1 aliphatic heterocycles. The first-order valence-electron chi connectivity index (χ1n) is 6.72. The van der Waals surface area contributed by atoms with Crippen LogP contribution in [-0.4, -0.2) is 40.4 Å². The van der Waals surface area contributed by atoms with E-state index in [-0.39, 0.29) is 6.61 Å². The van der Waals surface area contributed by atoms with E-state index in [2.05, 4.69) is 28.9 Å². The minimum atomic E-state index is -0.551. The van der Waals surface area contributed by atoms with E-state index >= 15 is 0 Å². The average molecular weight is 259 g/mol. The lowest BCUT2D eigenvalue weighted by molar-refractivity contribution is -0.0181. The smallest absolute Gasteiger partial charge is 0.104 e. The molecule has 2 N–H and O–H groups in total. The van der Waals surface area contributed by atoms with Crippen molar-refractivity contribution in [2.45, 2.75) is 31.9 Å². The molecule has 102 valence electrons. The summed E-state index contributed by atoms with van der Waals surface area (Å²) in [4.78, 5) is 2.29. The Bertz CT molecular complexity index is 468. The molecule has 19 heavy (non-hydrogen) atoms. The normalized spacial score (nSPS) is 23.7. The monoisotopic (exact) mass is 259 g/mol. The predicted octanol–water partition coefficient (Wildman–Crippen LogP) is 1.38. The molecule has 1 unspecified atom stereocenters. The van der Waals surface area contributed by atoms with Crippen molar-refractivity contribution in [1.82, 2.24) is 4.90 Å². The van der Waals surface area contributed by atoms with Crippen LogP contribution in [0.5, 0.6) is 0 Å². The van der Waals surface area contributed by atoms with Gasteiger partial charge in [-0.3, -0.25) is 4.90 Å². The SMILES string of the molecule is CC1(O)CCCN(Cc2ccc(C#CCO)cc2)C1. The van der Waals surface area contributed by atoms with Crippen LogP contribution in [-0.2, 0) is 6.54 Å². The van der Waals surface area contributed by atoms with Gasteiger partial charge in [-0.05, 0) is 44.0 Å². The molecule has 1 aromatic carbocycles. The fraction of sp³-hybridized carbons (Fsp3) is 0.500. The third-order valence-electron chi connectivity index (χ3n) is 3.43. The van der Waals surface area contributed by atoms with Gasteiger partial charge in [0.05, 0.1) is 5.60 Å². The van der Waals surface area contributed by atoms with Gasteiger partial charge in [0, 0.05) is 18.7 Å². The lowest BCUT2D eigenvalue weighted by Gasteiger charge is -2.36. The van der Waals surface area contributed by atoms with E-state index in [0.717, 1.165) is 38.0 Å². The van der Waals surface area contributed by atoms with E-state index in [1.54, 1.807) is 0 Å². The summed E-state index contributed by atoms with van der Waals surface area (Å²) in [6.45, 7) is 4.45. The number of benzene rings is 1. The molecule has 0 amide bonds. The van der Waals surface area contributed by atoms with E-state index in [9.17, 15) is 5.11 Å². The van der Waals surface area contributed by atoms with Crippen molar-refractivity contribution in [3.63, 3.8) is 0 Å². The highest BCUT2D eigenvalue weighted by Crippen LogP contribution is 2.21. The van der Waals surface area contributed by atoms with Crippen LogP contribution in [0.3, 0.4) is 0 Å². The molecule has 0 aliphatic carbocycles. The summed E-state index contributed by atoms with van der Waals surface area (Å²) in [5.74, 6) is 5.52. The third kappa shape index (κ3) is 4.36. The number of aliphatic hydroxyl groups excluding tert-OH is 1. The Morgan fingerprint density at radius 1 is 1.32 bits per heavy atom. The van der Waals surface area contributed by atoms with Crippen molar-refractivity contribution in [1.29, 1.82) is 0 Å². The first-order valence-corrected chi connectivity index (χ1v) is 6.72. The van der Waals surface area contributed by atoms with Gasteiger partial charge in [-0.25, -0.2) is 0 Å². The molecule has 0 saturated carbocycles. The van der Waals surface area contributed by atoms with Crippen LogP contribution in [0.1, 0.15) is 30.9 Å². The van der Waals surface area contributed by atoms with Gasteiger partial charge in [0.25, 0.3) is 0 Å². The lowest BCUT2D eigenvalue weighted by Crippen LogP contribution is -2.45. The first-order chi connectivity index (χ1) is 9.09. The molecule has 3 heteroatoms. The molecule has 3 nitrogen and oxygen atoms in total. The Balaban J connectivity index is 1.96. The number of piperidine rings is 1. The van der Waals surface area contributed by atoms with E-state index < -0.39 is 5.60 Å². The van der Waals surface area contributed by atoms with Gasteiger partial charge >= 0.3 is 0 Å². The maximum Gasteiger partial charge on any atom is 0.104 e. The maximum absolute atomic E-state index is 10.1.